The van der Waals surface area contributed by atoms with Crippen molar-refractivity contribution in [3.63, 3.8) is 0 Å². The van der Waals surface area contributed by atoms with Crippen LogP contribution in [0.4, 0.5) is 13.2 Å². The van der Waals surface area contributed by atoms with Crippen LogP contribution in [-0.4, -0.2) is 16.1 Å². The number of carboxylic acids is 1. The highest BCUT2D eigenvalue weighted by Crippen LogP contribution is 2.33. The number of pyridine rings is 1. The van der Waals surface area contributed by atoms with Crippen LogP contribution >= 0.6 is 11.6 Å². The summed E-state index contributed by atoms with van der Waals surface area (Å²) < 4.78 is 44.4. The van der Waals surface area contributed by atoms with Gasteiger partial charge in [-0.2, -0.15) is 13.2 Å². The average Bonchev–Trinajstić information content (AvgIpc) is 3.20. The van der Waals surface area contributed by atoms with Gasteiger partial charge in [-0.15, -0.1) is 0 Å². The van der Waals surface area contributed by atoms with E-state index in [-0.39, 0.29) is 11.3 Å². The Morgan fingerprint density at radius 2 is 1.84 bits per heavy atom. The minimum absolute atomic E-state index is 0.0521. The van der Waals surface area contributed by atoms with E-state index < -0.39 is 17.7 Å². The van der Waals surface area contributed by atoms with Crippen molar-refractivity contribution in [1.82, 2.24) is 4.98 Å². The van der Waals surface area contributed by atoms with Gasteiger partial charge in [0.15, 0.2) is 0 Å². The number of aromatic nitrogens is 1. The van der Waals surface area contributed by atoms with Gasteiger partial charge in [0.05, 0.1) is 22.3 Å². The van der Waals surface area contributed by atoms with Crippen molar-refractivity contribution in [2.24, 2.45) is 0 Å². The zero-order chi connectivity index (χ0) is 22.2. The van der Waals surface area contributed by atoms with Gasteiger partial charge < -0.3 is 9.52 Å². The van der Waals surface area contributed by atoms with Gasteiger partial charge in [-0.3, -0.25) is 0 Å². The van der Waals surface area contributed by atoms with E-state index in [0.717, 1.165) is 12.1 Å². The number of alkyl halides is 3. The molecule has 1 N–H and O–H groups in total. The number of furan rings is 1. The largest absolute Gasteiger partial charge is 0.478 e. The van der Waals surface area contributed by atoms with Crippen LogP contribution in [0.3, 0.4) is 0 Å². The van der Waals surface area contributed by atoms with Crippen molar-refractivity contribution < 1.29 is 27.5 Å². The third-order valence-electron chi connectivity index (χ3n) is 4.54. The Morgan fingerprint density at radius 3 is 2.58 bits per heavy atom. The van der Waals surface area contributed by atoms with Gasteiger partial charge in [-0.05, 0) is 60.7 Å². The van der Waals surface area contributed by atoms with Crippen molar-refractivity contribution >= 4 is 40.6 Å². The number of carboxylic acid groups (broad SMARTS) is 1. The highest BCUT2D eigenvalue weighted by atomic mass is 35.5. The third kappa shape index (κ3) is 4.46. The SMILES string of the molecule is O=C(O)c1cc(C=Cc2ccc(-c3cccc(C(F)(F)F)c3)o2)nc2ccc(Cl)cc12. The van der Waals surface area contributed by atoms with Crippen LogP contribution in [0.5, 0.6) is 0 Å². The summed E-state index contributed by atoms with van der Waals surface area (Å²) in [6.07, 6.45) is -1.32. The van der Waals surface area contributed by atoms with Crippen LogP contribution in [0.15, 0.2) is 65.1 Å². The van der Waals surface area contributed by atoms with Crippen molar-refractivity contribution in [1.29, 1.82) is 0 Å². The van der Waals surface area contributed by atoms with E-state index in [4.69, 9.17) is 16.0 Å². The average molecular weight is 444 g/mol. The van der Waals surface area contributed by atoms with Crippen molar-refractivity contribution in [3.8, 4) is 11.3 Å². The van der Waals surface area contributed by atoms with E-state index in [2.05, 4.69) is 4.98 Å². The predicted molar refractivity (Wildman–Crippen MR) is 112 cm³/mol. The maximum atomic E-state index is 12.9. The molecule has 0 aliphatic rings. The fourth-order valence-electron chi connectivity index (χ4n) is 3.09. The van der Waals surface area contributed by atoms with E-state index in [0.29, 0.717) is 32.9 Å². The minimum Gasteiger partial charge on any atom is -0.478 e. The molecule has 31 heavy (non-hydrogen) atoms. The molecule has 0 spiro atoms. The molecule has 0 amide bonds. The number of rotatable bonds is 4. The van der Waals surface area contributed by atoms with E-state index in [1.807, 2.05) is 0 Å². The predicted octanol–water partition coefficient (Wildman–Crippen LogP) is 7.04. The Bertz CT molecular complexity index is 1330. The van der Waals surface area contributed by atoms with Crippen LogP contribution in [0, 0.1) is 0 Å². The Kier molecular flexibility index (Phi) is 5.29. The van der Waals surface area contributed by atoms with Gasteiger partial charge in [0.1, 0.15) is 11.5 Å². The molecule has 2 heterocycles. The molecule has 156 valence electrons. The van der Waals surface area contributed by atoms with Gasteiger partial charge >= 0.3 is 12.1 Å². The molecule has 0 unspecified atom stereocenters. The summed E-state index contributed by atoms with van der Waals surface area (Å²) in [6.45, 7) is 0. The van der Waals surface area contributed by atoms with Gasteiger partial charge in [-0.1, -0.05) is 23.7 Å². The second kappa shape index (κ2) is 7.92. The molecule has 4 aromatic rings. The van der Waals surface area contributed by atoms with E-state index in [9.17, 15) is 23.1 Å². The lowest BCUT2D eigenvalue weighted by Gasteiger charge is -2.07. The van der Waals surface area contributed by atoms with Crippen LogP contribution in [0.1, 0.15) is 27.4 Å². The normalized spacial score (nSPS) is 12.0. The molecule has 2 aromatic heterocycles. The summed E-state index contributed by atoms with van der Waals surface area (Å²) in [5.41, 5.74) is 0.428. The number of hydrogen-bond donors (Lipinski definition) is 1. The number of nitrogens with zero attached hydrogens (tertiary/aromatic N) is 1. The molecule has 2 aromatic carbocycles. The highest BCUT2D eigenvalue weighted by Gasteiger charge is 2.30. The molecule has 4 rings (SSSR count). The van der Waals surface area contributed by atoms with Crippen LogP contribution in [0.25, 0.3) is 34.4 Å². The molecule has 0 saturated heterocycles. The number of halogens is 4. The molecule has 0 radical (unpaired) electrons. The zero-order valence-electron chi connectivity index (χ0n) is 15.7. The first kappa shape index (κ1) is 20.7. The summed E-state index contributed by atoms with van der Waals surface area (Å²) >= 11 is 5.95. The molecule has 0 fully saturated rings. The quantitative estimate of drug-likeness (QED) is 0.367. The van der Waals surface area contributed by atoms with E-state index in [1.165, 1.54) is 24.3 Å². The summed E-state index contributed by atoms with van der Waals surface area (Å²) in [5.74, 6) is -0.463. The molecule has 0 saturated carbocycles. The standard InChI is InChI=1S/C23H13ClF3NO3/c24-15-4-8-20-18(11-15)19(22(29)30)12-16(28-20)5-6-17-7-9-21(31-17)13-2-1-3-14(10-13)23(25,26)27/h1-12H,(H,29,30). The molecular formula is C23H13ClF3NO3. The molecule has 0 bridgehead atoms. The molecule has 0 aliphatic heterocycles. The number of benzene rings is 2. The molecule has 8 heteroatoms. The number of aromatic carboxylic acids is 1. The Hall–Kier alpha value is -3.58. The second-order valence-corrected chi connectivity index (χ2v) is 7.11. The first-order chi connectivity index (χ1) is 14.7. The molecule has 0 aliphatic carbocycles. The maximum Gasteiger partial charge on any atom is 0.416 e. The second-order valence-electron chi connectivity index (χ2n) is 6.68. The summed E-state index contributed by atoms with van der Waals surface area (Å²) in [5, 5.41) is 10.3. The fraction of sp³-hybridized carbons (Fsp3) is 0.0435. The van der Waals surface area contributed by atoms with Crippen molar-refractivity contribution in [2.45, 2.75) is 6.18 Å². The highest BCUT2D eigenvalue weighted by molar-refractivity contribution is 6.31. The smallest absolute Gasteiger partial charge is 0.416 e. The minimum atomic E-state index is -4.45. The lowest BCUT2D eigenvalue weighted by Crippen LogP contribution is -2.04. The van der Waals surface area contributed by atoms with Crippen LogP contribution in [0.2, 0.25) is 5.02 Å². The Labute approximate surface area is 179 Å². The monoisotopic (exact) mass is 443 g/mol. The van der Waals surface area contributed by atoms with Crippen LogP contribution < -0.4 is 0 Å². The maximum absolute atomic E-state index is 12.9. The van der Waals surface area contributed by atoms with Crippen molar-refractivity contribution in [2.75, 3.05) is 0 Å². The lowest BCUT2D eigenvalue weighted by molar-refractivity contribution is -0.137. The third-order valence-corrected chi connectivity index (χ3v) is 4.78. The van der Waals surface area contributed by atoms with Crippen molar-refractivity contribution in [3.05, 3.63) is 88.3 Å². The summed E-state index contributed by atoms with van der Waals surface area (Å²) in [7, 11) is 0. The summed E-state index contributed by atoms with van der Waals surface area (Å²) in [4.78, 5) is 16.0. The first-order valence-electron chi connectivity index (χ1n) is 9.00. The number of carbonyl (C=O) groups is 1. The Balaban J connectivity index is 1.65. The Morgan fingerprint density at radius 1 is 1.03 bits per heavy atom. The van der Waals surface area contributed by atoms with E-state index in [1.54, 1.807) is 36.4 Å². The number of fused-ring (bicyclic) bond motifs is 1. The summed E-state index contributed by atoms with van der Waals surface area (Å²) in [6, 6.07) is 14.2. The van der Waals surface area contributed by atoms with Gasteiger partial charge in [-0.25, -0.2) is 9.78 Å². The van der Waals surface area contributed by atoms with Gasteiger partial charge in [0.25, 0.3) is 0 Å². The number of hydrogen-bond acceptors (Lipinski definition) is 3. The topological polar surface area (TPSA) is 63.3 Å². The van der Waals surface area contributed by atoms with E-state index >= 15 is 0 Å². The molecular weight excluding hydrogens is 431 g/mol. The lowest BCUT2D eigenvalue weighted by atomic mass is 10.1. The first-order valence-corrected chi connectivity index (χ1v) is 9.38. The molecule has 4 nitrogen and oxygen atoms in total. The zero-order valence-corrected chi connectivity index (χ0v) is 16.4. The molecule has 0 atom stereocenters. The van der Waals surface area contributed by atoms with Gasteiger partial charge in [0.2, 0.25) is 0 Å². The fourth-order valence-corrected chi connectivity index (χ4v) is 3.27. The van der Waals surface area contributed by atoms with Gasteiger partial charge in [0, 0.05) is 16.0 Å². The van der Waals surface area contributed by atoms with Crippen LogP contribution in [-0.2, 0) is 6.18 Å².